The minimum Gasteiger partial charge on any atom is -0.480 e. The SMILES string of the molecule is NC(=O)CNS(=O)(=O)N1CCCCC1C(=O)O. The van der Waals surface area contributed by atoms with E-state index in [1.807, 2.05) is 4.72 Å². The first-order valence-electron chi connectivity index (χ1n) is 5.12. The Morgan fingerprint density at radius 1 is 1.41 bits per heavy atom. The molecular weight excluding hydrogens is 250 g/mol. The molecule has 0 aromatic rings. The molecule has 0 bridgehead atoms. The Kier molecular flexibility index (Phi) is 4.43. The molecule has 0 radical (unpaired) electrons. The number of piperidine rings is 1. The summed E-state index contributed by atoms with van der Waals surface area (Å²) in [6.45, 7) is -0.407. The lowest BCUT2D eigenvalue weighted by Gasteiger charge is -2.31. The fourth-order valence-electron chi connectivity index (χ4n) is 1.68. The lowest BCUT2D eigenvalue weighted by molar-refractivity contribution is -0.142. The van der Waals surface area contributed by atoms with Crippen LogP contribution in [0.15, 0.2) is 0 Å². The smallest absolute Gasteiger partial charge is 0.322 e. The minimum absolute atomic E-state index is 0.130. The summed E-state index contributed by atoms with van der Waals surface area (Å²) in [6.07, 6.45) is 1.53. The molecular formula is C8H15N3O5S. The van der Waals surface area contributed by atoms with Crippen LogP contribution in [0.25, 0.3) is 0 Å². The van der Waals surface area contributed by atoms with Gasteiger partial charge in [-0.25, -0.2) is 0 Å². The Morgan fingerprint density at radius 3 is 2.59 bits per heavy atom. The van der Waals surface area contributed by atoms with Gasteiger partial charge in [-0.3, -0.25) is 9.59 Å². The molecule has 0 spiro atoms. The molecule has 0 aromatic carbocycles. The zero-order valence-electron chi connectivity index (χ0n) is 9.13. The fourth-order valence-corrected chi connectivity index (χ4v) is 3.08. The van der Waals surface area contributed by atoms with Crippen LogP contribution in [0.2, 0.25) is 0 Å². The van der Waals surface area contributed by atoms with Crippen LogP contribution in [0.4, 0.5) is 0 Å². The quantitative estimate of drug-likeness (QED) is 0.542. The van der Waals surface area contributed by atoms with Gasteiger partial charge in [-0.1, -0.05) is 0 Å². The first kappa shape index (κ1) is 13.9. The average molecular weight is 265 g/mol. The molecule has 1 rings (SSSR count). The van der Waals surface area contributed by atoms with Gasteiger partial charge in [0.15, 0.2) is 0 Å². The number of carbonyl (C=O) groups is 2. The van der Waals surface area contributed by atoms with Crippen LogP contribution in [-0.2, 0) is 19.8 Å². The van der Waals surface area contributed by atoms with Crippen molar-refractivity contribution in [1.29, 1.82) is 0 Å². The van der Waals surface area contributed by atoms with Crippen molar-refractivity contribution in [2.24, 2.45) is 5.73 Å². The summed E-state index contributed by atoms with van der Waals surface area (Å²) in [5.41, 5.74) is 4.82. The molecule has 1 atom stereocenters. The first-order chi connectivity index (χ1) is 7.84. The standard InChI is InChI=1S/C8H15N3O5S/c9-7(12)5-10-17(15,16)11-4-2-1-3-6(11)8(13)14/h6,10H,1-5H2,(H2,9,12)(H,13,14). The number of primary amides is 1. The number of hydrogen-bond donors (Lipinski definition) is 3. The summed E-state index contributed by atoms with van der Waals surface area (Å²) in [6, 6.07) is -1.07. The van der Waals surface area contributed by atoms with E-state index in [-0.39, 0.29) is 13.0 Å². The monoisotopic (exact) mass is 265 g/mol. The maximum Gasteiger partial charge on any atom is 0.322 e. The molecule has 0 saturated carbocycles. The maximum atomic E-state index is 11.7. The molecule has 4 N–H and O–H groups in total. The third-order valence-corrected chi connectivity index (χ3v) is 4.04. The van der Waals surface area contributed by atoms with Crippen molar-refractivity contribution in [2.75, 3.05) is 13.1 Å². The highest BCUT2D eigenvalue weighted by atomic mass is 32.2. The summed E-state index contributed by atoms with van der Waals surface area (Å²) >= 11 is 0. The molecule has 17 heavy (non-hydrogen) atoms. The van der Waals surface area contributed by atoms with E-state index in [0.29, 0.717) is 12.8 Å². The van der Waals surface area contributed by atoms with Crippen LogP contribution in [0.3, 0.4) is 0 Å². The van der Waals surface area contributed by atoms with Crippen LogP contribution in [0.5, 0.6) is 0 Å². The lowest BCUT2D eigenvalue weighted by Crippen LogP contribution is -2.53. The summed E-state index contributed by atoms with van der Waals surface area (Å²) in [5, 5.41) is 8.92. The number of nitrogens with two attached hydrogens (primary N) is 1. The molecule has 98 valence electrons. The Labute approximate surface area is 99.0 Å². The van der Waals surface area contributed by atoms with E-state index in [9.17, 15) is 18.0 Å². The Bertz CT molecular complexity index is 407. The number of carboxylic acids is 1. The van der Waals surface area contributed by atoms with Gasteiger partial charge in [-0.05, 0) is 19.3 Å². The normalized spacial score (nSPS) is 22.2. The molecule has 1 heterocycles. The Hall–Kier alpha value is -1.19. The molecule has 0 aliphatic carbocycles. The summed E-state index contributed by atoms with van der Waals surface area (Å²) in [7, 11) is -3.97. The van der Waals surface area contributed by atoms with Gasteiger partial charge in [-0.2, -0.15) is 17.4 Å². The molecule has 0 aromatic heterocycles. The number of carbonyl (C=O) groups excluding carboxylic acids is 1. The Morgan fingerprint density at radius 2 is 2.06 bits per heavy atom. The summed E-state index contributed by atoms with van der Waals surface area (Å²) in [5.74, 6) is -2.01. The number of aliphatic carboxylic acids is 1. The largest absolute Gasteiger partial charge is 0.480 e. The van der Waals surface area contributed by atoms with Gasteiger partial charge >= 0.3 is 5.97 Å². The number of nitrogens with zero attached hydrogens (tertiary/aromatic N) is 1. The second kappa shape index (κ2) is 5.43. The predicted octanol–water partition coefficient (Wildman–Crippen LogP) is -1.75. The lowest BCUT2D eigenvalue weighted by atomic mass is 10.1. The van der Waals surface area contributed by atoms with Gasteiger partial charge in [0.25, 0.3) is 10.2 Å². The second-order valence-electron chi connectivity index (χ2n) is 3.75. The van der Waals surface area contributed by atoms with E-state index >= 15 is 0 Å². The number of nitrogens with one attached hydrogen (secondary N) is 1. The predicted molar refractivity (Wildman–Crippen MR) is 58.1 cm³/mol. The van der Waals surface area contributed by atoms with Crippen molar-refractivity contribution < 1.29 is 23.1 Å². The third kappa shape index (κ3) is 3.65. The molecule has 1 amide bonds. The maximum absolute atomic E-state index is 11.7. The highest BCUT2D eigenvalue weighted by Gasteiger charge is 2.36. The van der Waals surface area contributed by atoms with Crippen molar-refractivity contribution in [1.82, 2.24) is 9.03 Å². The van der Waals surface area contributed by atoms with E-state index in [2.05, 4.69) is 0 Å². The van der Waals surface area contributed by atoms with Crippen molar-refractivity contribution in [3.63, 3.8) is 0 Å². The Balaban J connectivity index is 2.79. The molecule has 1 aliphatic heterocycles. The van der Waals surface area contributed by atoms with Crippen molar-refractivity contribution in [3.8, 4) is 0 Å². The molecule has 8 nitrogen and oxygen atoms in total. The summed E-state index contributed by atoms with van der Waals surface area (Å²) < 4.78 is 26.3. The van der Waals surface area contributed by atoms with Crippen LogP contribution in [-0.4, -0.2) is 48.8 Å². The van der Waals surface area contributed by atoms with Crippen molar-refractivity contribution in [3.05, 3.63) is 0 Å². The van der Waals surface area contributed by atoms with E-state index in [1.54, 1.807) is 0 Å². The highest BCUT2D eigenvalue weighted by molar-refractivity contribution is 7.87. The average Bonchev–Trinajstić information content (AvgIpc) is 2.26. The van der Waals surface area contributed by atoms with Gasteiger partial charge in [0.1, 0.15) is 6.04 Å². The second-order valence-corrected chi connectivity index (χ2v) is 5.46. The summed E-state index contributed by atoms with van der Waals surface area (Å²) in [4.78, 5) is 21.4. The fraction of sp³-hybridized carbons (Fsp3) is 0.750. The number of rotatable bonds is 5. The van der Waals surface area contributed by atoms with E-state index in [0.717, 1.165) is 4.31 Å². The minimum atomic E-state index is -3.97. The zero-order valence-corrected chi connectivity index (χ0v) is 9.94. The molecule has 1 saturated heterocycles. The van der Waals surface area contributed by atoms with Crippen LogP contribution in [0.1, 0.15) is 19.3 Å². The van der Waals surface area contributed by atoms with Gasteiger partial charge in [0.2, 0.25) is 5.91 Å². The molecule has 1 fully saturated rings. The highest BCUT2D eigenvalue weighted by Crippen LogP contribution is 2.19. The van der Waals surface area contributed by atoms with Crippen LogP contribution in [0, 0.1) is 0 Å². The number of hydrogen-bond acceptors (Lipinski definition) is 4. The van der Waals surface area contributed by atoms with Gasteiger partial charge in [0, 0.05) is 6.54 Å². The van der Waals surface area contributed by atoms with Gasteiger partial charge < -0.3 is 10.8 Å². The van der Waals surface area contributed by atoms with Crippen LogP contribution >= 0.6 is 0 Å². The number of amides is 1. The molecule has 1 aliphatic rings. The van der Waals surface area contributed by atoms with E-state index in [1.165, 1.54) is 0 Å². The topological polar surface area (TPSA) is 130 Å². The van der Waals surface area contributed by atoms with Gasteiger partial charge in [0.05, 0.1) is 6.54 Å². The number of carboxylic acid groups (broad SMARTS) is 1. The van der Waals surface area contributed by atoms with Crippen molar-refractivity contribution in [2.45, 2.75) is 25.3 Å². The molecule has 1 unspecified atom stereocenters. The van der Waals surface area contributed by atoms with Crippen LogP contribution < -0.4 is 10.5 Å². The van der Waals surface area contributed by atoms with Gasteiger partial charge in [-0.15, -0.1) is 0 Å². The molecule has 9 heteroatoms. The van der Waals surface area contributed by atoms with E-state index < -0.39 is 34.7 Å². The van der Waals surface area contributed by atoms with E-state index in [4.69, 9.17) is 10.8 Å². The zero-order chi connectivity index (χ0) is 13.1. The van der Waals surface area contributed by atoms with Crippen molar-refractivity contribution >= 4 is 22.1 Å². The first-order valence-corrected chi connectivity index (χ1v) is 6.56. The third-order valence-electron chi connectivity index (χ3n) is 2.48.